The number of nitrogens with zero attached hydrogens (tertiary/aromatic N) is 2. The molecule has 3 heteroatoms. The number of ether oxygens (including phenoxy) is 1. The highest BCUT2D eigenvalue weighted by atomic mass is 16.5. The normalized spacial score (nSPS) is 28.4. The van der Waals surface area contributed by atoms with E-state index in [0.29, 0.717) is 17.7 Å². The maximum absolute atomic E-state index is 5.49. The van der Waals surface area contributed by atoms with Gasteiger partial charge in [-0.25, -0.2) is 0 Å². The first-order chi connectivity index (χ1) is 10.9. The van der Waals surface area contributed by atoms with Gasteiger partial charge in [-0.3, -0.25) is 9.80 Å². The molecule has 0 aromatic rings. The Labute approximate surface area is 144 Å². The van der Waals surface area contributed by atoms with Crippen LogP contribution in [0.1, 0.15) is 72.6 Å². The van der Waals surface area contributed by atoms with Crippen LogP contribution in [0, 0.1) is 5.92 Å². The zero-order valence-electron chi connectivity index (χ0n) is 16.3. The third-order valence-corrected chi connectivity index (χ3v) is 6.43. The molecule has 2 fully saturated rings. The average Bonchev–Trinajstić information content (AvgIpc) is 2.55. The lowest BCUT2D eigenvalue weighted by Crippen LogP contribution is -2.55. The third-order valence-electron chi connectivity index (χ3n) is 6.43. The molecule has 0 amide bonds. The molecule has 1 saturated carbocycles. The molecular formula is C20H40N2O. The van der Waals surface area contributed by atoms with Gasteiger partial charge in [0.1, 0.15) is 0 Å². The monoisotopic (exact) mass is 324 g/mol. The molecule has 3 nitrogen and oxygen atoms in total. The van der Waals surface area contributed by atoms with Gasteiger partial charge >= 0.3 is 0 Å². The largest absolute Gasteiger partial charge is 0.381 e. The molecule has 0 spiro atoms. The summed E-state index contributed by atoms with van der Waals surface area (Å²) in [4.78, 5) is 5.34. The molecule has 2 rings (SSSR count). The Morgan fingerprint density at radius 1 is 1.00 bits per heavy atom. The van der Waals surface area contributed by atoms with Gasteiger partial charge in [0.15, 0.2) is 0 Å². The van der Waals surface area contributed by atoms with Crippen molar-refractivity contribution < 1.29 is 4.74 Å². The summed E-state index contributed by atoms with van der Waals surface area (Å²) in [5.74, 6) is 0.954. The van der Waals surface area contributed by atoms with Crippen LogP contribution in [0.4, 0.5) is 0 Å². The topological polar surface area (TPSA) is 15.7 Å². The van der Waals surface area contributed by atoms with Crippen LogP contribution >= 0.6 is 0 Å². The van der Waals surface area contributed by atoms with Crippen molar-refractivity contribution in [2.75, 3.05) is 33.3 Å². The van der Waals surface area contributed by atoms with Crippen molar-refractivity contribution in [2.24, 2.45) is 5.92 Å². The van der Waals surface area contributed by atoms with E-state index < -0.39 is 0 Å². The molecule has 0 bridgehead atoms. The van der Waals surface area contributed by atoms with Crippen LogP contribution in [-0.2, 0) is 4.74 Å². The molecule has 1 aliphatic carbocycles. The first kappa shape index (κ1) is 19.2. The van der Waals surface area contributed by atoms with E-state index in [1.165, 1.54) is 71.1 Å². The lowest BCUT2D eigenvalue weighted by molar-refractivity contribution is 0.0318. The molecule has 0 atom stereocenters. The Morgan fingerprint density at radius 3 is 2.13 bits per heavy atom. The van der Waals surface area contributed by atoms with Crippen LogP contribution in [0.25, 0.3) is 0 Å². The van der Waals surface area contributed by atoms with Crippen LogP contribution in [-0.4, -0.2) is 60.8 Å². The number of hydrogen-bond donors (Lipinski definition) is 0. The van der Waals surface area contributed by atoms with E-state index in [1.54, 1.807) is 0 Å². The summed E-state index contributed by atoms with van der Waals surface area (Å²) in [7, 11) is 1.87. The fraction of sp³-hybridized carbons (Fsp3) is 1.00. The first-order valence-electron chi connectivity index (χ1n) is 9.94. The minimum Gasteiger partial charge on any atom is -0.381 e. The average molecular weight is 325 g/mol. The van der Waals surface area contributed by atoms with Gasteiger partial charge in [-0.1, -0.05) is 12.8 Å². The summed E-state index contributed by atoms with van der Waals surface area (Å²) in [5, 5.41) is 0. The molecule has 23 heavy (non-hydrogen) atoms. The van der Waals surface area contributed by atoms with Gasteiger partial charge in [0.2, 0.25) is 0 Å². The Kier molecular flexibility index (Phi) is 7.37. The highest BCUT2D eigenvalue weighted by Gasteiger charge is 2.30. The SMILES string of the molecule is COC1CCC(CCCC(C)(C)N2CCN(C(C)C)CC2)CC1. The number of rotatable bonds is 7. The van der Waals surface area contributed by atoms with Crippen LogP contribution in [0.5, 0.6) is 0 Å². The van der Waals surface area contributed by atoms with Gasteiger partial charge in [0.25, 0.3) is 0 Å². The Balaban J connectivity index is 1.66. The maximum Gasteiger partial charge on any atom is 0.0571 e. The summed E-state index contributed by atoms with van der Waals surface area (Å²) in [6.45, 7) is 14.5. The van der Waals surface area contributed by atoms with Crippen LogP contribution in [0.2, 0.25) is 0 Å². The predicted molar refractivity (Wildman–Crippen MR) is 99.0 cm³/mol. The summed E-state index contributed by atoms with van der Waals surface area (Å²) in [6.07, 6.45) is 10.0. The van der Waals surface area contributed by atoms with E-state index in [-0.39, 0.29) is 0 Å². The number of piperazine rings is 1. The smallest absolute Gasteiger partial charge is 0.0571 e. The Bertz CT molecular complexity index is 327. The predicted octanol–water partition coefficient (Wildman–Crippen LogP) is 4.17. The molecule has 0 aromatic heterocycles. The fourth-order valence-electron chi connectivity index (χ4n) is 4.48. The lowest BCUT2D eigenvalue weighted by atomic mass is 9.82. The quantitative estimate of drug-likeness (QED) is 0.699. The molecule has 136 valence electrons. The maximum atomic E-state index is 5.49. The fourth-order valence-corrected chi connectivity index (χ4v) is 4.48. The first-order valence-corrected chi connectivity index (χ1v) is 9.94. The van der Waals surface area contributed by atoms with Crippen LogP contribution in [0.15, 0.2) is 0 Å². The molecule has 1 saturated heterocycles. The molecule has 1 aliphatic heterocycles. The van der Waals surface area contributed by atoms with Crippen molar-refractivity contribution >= 4 is 0 Å². The van der Waals surface area contributed by atoms with Gasteiger partial charge in [0, 0.05) is 44.9 Å². The highest BCUT2D eigenvalue weighted by molar-refractivity contribution is 4.86. The standard InChI is InChI=1S/C20H40N2O/c1-17(2)21-13-15-22(16-14-21)20(3,4)12-6-7-18-8-10-19(23-5)11-9-18/h17-19H,6-16H2,1-5H3. The van der Waals surface area contributed by atoms with Crippen molar-refractivity contribution in [3.8, 4) is 0 Å². The molecule has 1 heterocycles. The van der Waals surface area contributed by atoms with E-state index in [9.17, 15) is 0 Å². The van der Waals surface area contributed by atoms with Gasteiger partial charge in [-0.15, -0.1) is 0 Å². The summed E-state index contributed by atoms with van der Waals surface area (Å²) >= 11 is 0. The van der Waals surface area contributed by atoms with Gasteiger partial charge in [-0.05, 0) is 65.7 Å². The molecule has 0 radical (unpaired) electrons. The Morgan fingerprint density at radius 2 is 1.61 bits per heavy atom. The van der Waals surface area contributed by atoms with Gasteiger partial charge in [-0.2, -0.15) is 0 Å². The zero-order chi connectivity index (χ0) is 16.9. The van der Waals surface area contributed by atoms with Crippen molar-refractivity contribution in [1.82, 2.24) is 9.80 Å². The minimum absolute atomic E-state index is 0.368. The second-order valence-corrected chi connectivity index (χ2v) is 8.70. The second-order valence-electron chi connectivity index (χ2n) is 8.70. The van der Waals surface area contributed by atoms with E-state index >= 15 is 0 Å². The van der Waals surface area contributed by atoms with Crippen LogP contribution in [0.3, 0.4) is 0 Å². The van der Waals surface area contributed by atoms with E-state index in [2.05, 4.69) is 37.5 Å². The molecule has 0 N–H and O–H groups in total. The minimum atomic E-state index is 0.368. The third kappa shape index (κ3) is 5.72. The summed E-state index contributed by atoms with van der Waals surface area (Å²) in [5.41, 5.74) is 0.368. The Hall–Kier alpha value is -0.120. The molecule has 0 aromatic carbocycles. The lowest BCUT2D eigenvalue weighted by Gasteiger charge is -2.45. The van der Waals surface area contributed by atoms with E-state index in [4.69, 9.17) is 4.74 Å². The molecule has 0 unspecified atom stereocenters. The van der Waals surface area contributed by atoms with Crippen molar-refractivity contribution in [3.63, 3.8) is 0 Å². The second kappa shape index (κ2) is 8.82. The summed E-state index contributed by atoms with van der Waals surface area (Å²) in [6, 6.07) is 0.697. The van der Waals surface area contributed by atoms with Crippen molar-refractivity contribution in [3.05, 3.63) is 0 Å². The zero-order valence-corrected chi connectivity index (χ0v) is 16.3. The van der Waals surface area contributed by atoms with Crippen molar-refractivity contribution in [1.29, 1.82) is 0 Å². The molecule has 2 aliphatic rings. The summed E-state index contributed by atoms with van der Waals surface area (Å²) < 4.78 is 5.49. The number of hydrogen-bond acceptors (Lipinski definition) is 3. The van der Waals surface area contributed by atoms with E-state index in [0.717, 1.165) is 5.92 Å². The van der Waals surface area contributed by atoms with Crippen LogP contribution < -0.4 is 0 Å². The van der Waals surface area contributed by atoms with Crippen molar-refractivity contribution in [2.45, 2.75) is 90.3 Å². The highest BCUT2D eigenvalue weighted by Crippen LogP contribution is 2.31. The number of methoxy groups -OCH3 is 1. The van der Waals surface area contributed by atoms with E-state index in [1.807, 2.05) is 7.11 Å². The van der Waals surface area contributed by atoms with Gasteiger partial charge in [0.05, 0.1) is 6.10 Å². The van der Waals surface area contributed by atoms with Gasteiger partial charge < -0.3 is 4.74 Å². The molecular weight excluding hydrogens is 284 g/mol.